The number of hydrogen-bond acceptors (Lipinski definition) is 3. The Balaban J connectivity index is 2.20. The van der Waals surface area contributed by atoms with E-state index in [-0.39, 0.29) is 0 Å². The van der Waals surface area contributed by atoms with Crippen molar-refractivity contribution >= 4 is 6.21 Å². The predicted molar refractivity (Wildman–Crippen MR) is 74.8 cm³/mol. The zero-order valence-electron chi connectivity index (χ0n) is 10.5. The van der Waals surface area contributed by atoms with Crippen LogP contribution >= 0.6 is 0 Å². The van der Waals surface area contributed by atoms with E-state index in [9.17, 15) is 0 Å². The molecule has 0 saturated carbocycles. The van der Waals surface area contributed by atoms with Crippen molar-refractivity contribution < 1.29 is 9.94 Å². The van der Waals surface area contributed by atoms with Crippen LogP contribution < -0.4 is 4.74 Å². The van der Waals surface area contributed by atoms with Crippen LogP contribution in [0, 0.1) is 11.8 Å². The fourth-order valence-electron chi connectivity index (χ4n) is 1.58. The first-order chi connectivity index (χ1) is 9.31. The highest BCUT2D eigenvalue weighted by molar-refractivity contribution is 5.79. The summed E-state index contributed by atoms with van der Waals surface area (Å²) in [6.45, 7) is 0. The van der Waals surface area contributed by atoms with E-state index >= 15 is 0 Å². The topological polar surface area (TPSA) is 41.8 Å². The molecular formula is C16H13NO2. The lowest BCUT2D eigenvalue weighted by Crippen LogP contribution is -1.83. The number of benzene rings is 2. The molecule has 0 aliphatic rings. The van der Waals surface area contributed by atoms with Gasteiger partial charge >= 0.3 is 0 Å². The molecular weight excluding hydrogens is 238 g/mol. The molecule has 0 fully saturated rings. The van der Waals surface area contributed by atoms with Gasteiger partial charge in [0.2, 0.25) is 0 Å². The van der Waals surface area contributed by atoms with Gasteiger partial charge in [-0.1, -0.05) is 29.1 Å². The lowest BCUT2D eigenvalue weighted by Gasteiger charge is -1.97. The van der Waals surface area contributed by atoms with Crippen LogP contribution in [0.2, 0.25) is 0 Å². The SMILES string of the molecule is COc1ccc(C#Cc2cccc(/C=N/O)c2)cc1. The van der Waals surface area contributed by atoms with Crippen LogP contribution in [0.15, 0.2) is 53.7 Å². The van der Waals surface area contributed by atoms with Gasteiger partial charge in [-0.15, -0.1) is 0 Å². The largest absolute Gasteiger partial charge is 0.497 e. The van der Waals surface area contributed by atoms with Crippen molar-refractivity contribution in [2.45, 2.75) is 0 Å². The van der Waals surface area contributed by atoms with E-state index in [0.29, 0.717) is 0 Å². The Morgan fingerprint density at radius 2 is 1.79 bits per heavy atom. The highest BCUT2D eigenvalue weighted by atomic mass is 16.5. The highest BCUT2D eigenvalue weighted by Gasteiger charge is 1.92. The maximum atomic E-state index is 8.49. The van der Waals surface area contributed by atoms with Gasteiger partial charge in [-0.3, -0.25) is 0 Å². The van der Waals surface area contributed by atoms with Gasteiger partial charge < -0.3 is 9.94 Å². The molecule has 3 nitrogen and oxygen atoms in total. The summed E-state index contributed by atoms with van der Waals surface area (Å²) in [5, 5.41) is 11.5. The van der Waals surface area contributed by atoms with E-state index in [1.54, 1.807) is 7.11 Å². The molecule has 0 amide bonds. The molecule has 0 bridgehead atoms. The lowest BCUT2D eigenvalue weighted by atomic mass is 10.1. The number of methoxy groups -OCH3 is 1. The van der Waals surface area contributed by atoms with E-state index in [2.05, 4.69) is 17.0 Å². The van der Waals surface area contributed by atoms with Crippen LogP contribution in [0.25, 0.3) is 0 Å². The predicted octanol–water partition coefficient (Wildman–Crippen LogP) is 2.90. The summed E-state index contributed by atoms with van der Waals surface area (Å²) in [5.41, 5.74) is 2.60. The van der Waals surface area contributed by atoms with Gasteiger partial charge in [-0.2, -0.15) is 0 Å². The summed E-state index contributed by atoms with van der Waals surface area (Å²) in [6, 6.07) is 15.0. The number of nitrogens with zero attached hydrogens (tertiary/aromatic N) is 1. The van der Waals surface area contributed by atoms with Crippen molar-refractivity contribution in [3.05, 3.63) is 65.2 Å². The quantitative estimate of drug-likeness (QED) is 0.386. The highest BCUT2D eigenvalue weighted by Crippen LogP contribution is 2.10. The summed E-state index contributed by atoms with van der Waals surface area (Å²) in [7, 11) is 1.63. The first kappa shape index (κ1) is 12.7. The van der Waals surface area contributed by atoms with Crippen LogP contribution in [0.4, 0.5) is 0 Å². The van der Waals surface area contributed by atoms with Crippen molar-refractivity contribution in [2.75, 3.05) is 7.11 Å². The summed E-state index contributed by atoms with van der Waals surface area (Å²) >= 11 is 0. The van der Waals surface area contributed by atoms with Crippen molar-refractivity contribution in [1.29, 1.82) is 0 Å². The molecule has 0 radical (unpaired) electrons. The third-order valence-corrected chi connectivity index (χ3v) is 2.53. The van der Waals surface area contributed by atoms with Crippen LogP contribution in [0.3, 0.4) is 0 Å². The Morgan fingerprint density at radius 1 is 1.05 bits per heavy atom. The second-order valence-corrected chi connectivity index (χ2v) is 3.85. The van der Waals surface area contributed by atoms with Crippen molar-refractivity contribution in [3.63, 3.8) is 0 Å². The minimum Gasteiger partial charge on any atom is -0.497 e. The van der Waals surface area contributed by atoms with Crippen LogP contribution in [-0.2, 0) is 0 Å². The Morgan fingerprint density at radius 3 is 2.47 bits per heavy atom. The normalized spacial score (nSPS) is 9.95. The molecule has 19 heavy (non-hydrogen) atoms. The molecule has 0 heterocycles. The number of hydrogen-bond donors (Lipinski definition) is 1. The van der Waals surface area contributed by atoms with Gasteiger partial charge in [0.05, 0.1) is 13.3 Å². The molecule has 3 heteroatoms. The van der Waals surface area contributed by atoms with E-state index < -0.39 is 0 Å². The molecule has 0 unspecified atom stereocenters. The van der Waals surface area contributed by atoms with Crippen LogP contribution in [0.5, 0.6) is 5.75 Å². The summed E-state index contributed by atoms with van der Waals surface area (Å²) in [6.07, 6.45) is 1.37. The Hall–Kier alpha value is -2.73. The smallest absolute Gasteiger partial charge is 0.118 e. The van der Waals surface area contributed by atoms with Gasteiger partial charge in [0.25, 0.3) is 0 Å². The number of oxime groups is 1. The molecule has 0 aliphatic carbocycles. The van der Waals surface area contributed by atoms with Crippen molar-refractivity contribution in [2.24, 2.45) is 5.16 Å². The van der Waals surface area contributed by atoms with Gasteiger partial charge in [-0.05, 0) is 42.0 Å². The van der Waals surface area contributed by atoms with Crippen LogP contribution in [-0.4, -0.2) is 18.5 Å². The van der Waals surface area contributed by atoms with E-state index in [4.69, 9.17) is 9.94 Å². The Kier molecular flexibility index (Phi) is 4.20. The summed E-state index contributed by atoms with van der Waals surface area (Å²) < 4.78 is 5.09. The minimum atomic E-state index is 0.809. The summed E-state index contributed by atoms with van der Waals surface area (Å²) in [5.74, 6) is 6.94. The molecule has 0 atom stereocenters. The zero-order chi connectivity index (χ0) is 13.5. The second-order valence-electron chi connectivity index (χ2n) is 3.85. The molecule has 0 saturated heterocycles. The maximum Gasteiger partial charge on any atom is 0.118 e. The van der Waals surface area contributed by atoms with Gasteiger partial charge in [-0.25, -0.2) is 0 Å². The zero-order valence-corrected chi connectivity index (χ0v) is 10.5. The Labute approximate surface area is 112 Å². The monoisotopic (exact) mass is 251 g/mol. The average molecular weight is 251 g/mol. The number of ether oxygens (including phenoxy) is 1. The second kappa shape index (κ2) is 6.27. The first-order valence-electron chi connectivity index (χ1n) is 5.75. The van der Waals surface area contributed by atoms with E-state index in [1.165, 1.54) is 6.21 Å². The average Bonchev–Trinajstić information content (AvgIpc) is 2.46. The van der Waals surface area contributed by atoms with Crippen molar-refractivity contribution in [3.8, 4) is 17.6 Å². The van der Waals surface area contributed by atoms with Crippen LogP contribution in [0.1, 0.15) is 16.7 Å². The maximum absolute atomic E-state index is 8.49. The minimum absolute atomic E-state index is 0.809. The summed E-state index contributed by atoms with van der Waals surface area (Å²) in [4.78, 5) is 0. The molecule has 1 N–H and O–H groups in total. The van der Waals surface area contributed by atoms with E-state index in [0.717, 1.165) is 22.4 Å². The first-order valence-corrected chi connectivity index (χ1v) is 5.75. The number of rotatable bonds is 2. The molecule has 2 aromatic rings. The van der Waals surface area contributed by atoms with E-state index in [1.807, 2.05) is 48.5 Å². The molecule has 2 rings (SSSR count). The standard InChI is InChI=1S/C16H13NO2/c1-19-16-9-7-13(8-10-16)5-6-14-3-2-4-15(11-14)12-17-18/h2-4,7-12,18H,1H3/b17-12+. The lowest BCUT2D eigenvalue weighted by molar-refractivity contribution is 0.322. The fourth-order valence-corrected chi connectivity index (χ4v) is 1.58. The van der Waals surface area contributed by atoms with Gasteiger partial charge in [0.15, 0.2) is 0 Å². The Bertz CT molecular complexity index is 634. The molecule has 0 aromatic heterocycles. The van der Waals surface area contributed by atoms with Gasteiger partial charge in [0.1, 0.15) is 5.75 Å². The molecule has 0 aliphatic heterocycles. The molecule has 2 aromatic carbocycles. The third-order valence-electron chi connectivity index (χ3n) is 2.53. The van der Waals surface area contributed by atoms with Crippen molar-refractivity contribution in [1.82, 2.24) is 0 Å². The fraction of sp³-hybridized carbons (Fsp3) is 0.0625. The molecule has 94 valence electrons. The van der Waals surface area contributed by atoms with Gasteiger partial charge in [0, 0.05) is 11.1 Å². The molecule has 0 spiro atoms. The third kappa shape index (κ3) is 3.62.